The highest BCUT2D eigenvalue weighted by Gasteiger charge is 2.07. The summed E-state index contributed by atoms with van der Waals surface area (Å²) < 4.78 is 0. The number of aromatic nitrogens is 1. The Morgan fingerprint density at radius 3 is 2.32 bits per heavy atom. The van der Waals surface area contributed by atoms with Crippen molar-refractivity contribution >= 4 is 12.6 Å². The van der Waals surface area contributed by atoms with Crippen molar-refractivity contribution < 1.29 is 4.98 Å². The SMILES string of the molecule is Sc1ccccc1-c1cccc(-c2cccc[nH+]2)c1. The monoisotopic (exact) mass is 264 g/mol. The lowest BCUT2D eigenvalue weighted by molar-refractivity contribution is -0.364. The van der Waals surface area contributed by atoms with Crippen LogP contribution in [0.4, 0.5) is 0 Å². The molecular weight excluding hydrogens is 250 g/mol. The van der Waals surface area contributed by atoms with E-state index in [1.54, 1.807) is 0 Å². The summed E-state index contributed by atoms with van der Waals surface area (Å²) in [6, 6.07) is 22.7. The predicted octanol–water partition coefficient (Wildman–Crippen LogP) is 4.12. The van der Waals surface area contributed by atoms with Crippen LogP contribution in [-0.2, 0) is 0 Å². The molecule has 0 atom stereocenters. The second kappa shape index (κ2) is 5.29. The van der Waals surface area contributed by atoms with Gasteiger partial charge in [0.25, 0.3) is 0 Å². The van der Waals surface area contributed by atoms with Gasteiger partial charge in [-0.2, -0.15) is 0 Å². The molecule has 19 heavy (non-hydrogen) atoms. The van der Waals surface area contributed by atoms with Gasteiger partial charge < -0.3 is 0 Å². The molecule has 92 valence electrons. The van der Waals surface area contributed by atoms with Gasteiger partial charge in [0.2, 0.25) is 5.69 Å². The van der Waals surface area contributed by atoms with Gasteiger partial charge in [0.1, 0.15) is 0 Å². The lowest BCUT2D eigenvalue weighted by atomic mass is 10.0. The molecule has 1 N–H and O–H groups in total. The molecule has 0 fully saturated rings. The quantitative estimate of drug-likeness (QED) is 0.669. The summed E-state index contributed by atoms with van der Waals surface area (Å²) in [6.45, 7) is 0. The molecule has 3 aromatic rings. The Morgan fingerprint density at radius 2 is 1.53 bits per heavy atom. The normalized spacial score (nSPS) is 10.4. The molecule has 0 saturated carbocycles. The number of aromatic amines is 1. The van der Waals surface area contributed by atoms with Gasteiger partial charge in [0.05, 0.1) is 0 Å². The third-order valence-electron chi connectivity index (χ3n) is 3.10. The number of H-pyrrole nitrogens is 1. The third-order valence-corrected chi connectivity index (χ3v) is 3.49. The molecule has 1 aromatic heterocycles. The zero-order chi connectivity index (χ0) is 13.1. The van der Waals surface area contributed by atoms with E-state index >= 15 is 0 Å². The number of rotatable bonds is 2. The molecule has 0 saturated heterocycles. The van der Waals surface area contributed by atoms with Crippen LogP contribution >= 0.6 is 12.6 Å². The summed E-state index contributed by atoms with van der Waals surface area (Å²) in [5.74, 6) is 0. The van der Waals surface area contributed by atoms with Crippen molar-refractivity contribution in [1.82, 2.24) is 0 Å². The van der Waals surface area contributed by atoms with Crippen LogP contribution in [0.3, 0.4) is 0 Å². The summed E-state index contributed by atoms with van der Waals surface area (Å²) in [5, 5.41) is 0. The van der Waals surface area contributed by atoms with Crippen LogP contribution in [0.1, 0.15) is 0 Å². The van der Waals surface area contributed by atoms with Crippen LogP contribution < -0.4 is 4.98 Å². The van der Waals surface area contributed by atoms with Gasteiger partial charge in [-0.3, -0.25) is 0 Å². The molecule has 0 aliphatic heterocycles. The maximum Gasteiger partial charge on any atom is 0.210 e. The van der Waals surface area contributed by atoms with Crippen LogP contribution in [0.15, 0.2) is 77.8 Å². The Kier molecular flexibility index (Phi) is 3.34. The van der Waals surface area contributed by atoms with Crippen molar-refractivity contribution in [2.24, 2.45) is 0 Å². The number of hydrogen-bond acceptors (Lipinski definition) is 1. The summed E-state index contributed by atoms with van der Waals surface area (Å²) in [6.07, 6.45) is 1.94. The first-order chi connectivity index (χ1) is 9.34. The van der Waals surface area contributed by atoms with Crippen molar-refractivity contribution in [3.8, 4) is 22.4 Å². The highest BCUT2D eigenvalue weighted by Crippen LogP contribution is 2.28. The minimum atomic E-state index is 0.997. The van der Waals surface area contributed by atoms with E-state index in [0.29, 0.717) is 0 Å². The molecule has 1 heterocycles. The lowest BCUT2D eigenvalue weighted by Gasteiger charge is -2.06. The molecule has 0 bridgehead atoms. The molecule has 1 nitrogen and oxygen atoms in total. The molecule has 2 aromatic carbocycles. The molecule has 0 spiro atoms. The fourth-order valence-corrected chi connectivity index (χ4v) is 2.43. The van der Waals surface area contributed by atoms with Crippen LogP contribution in [0.5, 0.6) is 0 Å². The first-order valence-corrected chi connectivity index (χ1v) is 6.65. The van der Waals surface area contributed by atoms with Crippen molar-refractivity contribution in [1.29, 1.82) is 0 Å². The number of pyridine rings is 1. The van der Waals surface area contributed by atoms with Gasteiger partial charge in [-0.1, -0.05) is 30.3 Å². The lowest BCUT2D eigenvalue weighted by Crippen LogP contribution is -2.04. The van der Waals surface area contributed by atoms with Crippen molar-refractivity contribution in [3.05, 3.63) is 72.9 Å². The third kappa shape index (κ3) is 2.54. The highest BCUT2D eigenvalue weighted by atomic mass is 32.1. The zero-order valence-electron chi connectivity index (χ0n) is 10.4. The maximum atomic E-state index is 4.52. The van der Waals surface area contributed by atoms with Gasteiger partial charge in [-0.05, 0) is 35.4 Å². The predicted molar refractivity (Wildman–Crippen MR) is 81.1 cm³/mol. The summed E-state index contributed by atoms with van der Waals surface area (Å²) >= 11 is 4.52. The largest absolute Gasteiger partial charge is 0.211 e. The number of thiol groups is 1. The maximum absolute atomic E-state index is 4.52. The van der Waals surface area contributed by atoms with Crippen LogP contribution in [0.25, 0.3) is 22.4 Å². The first-order valence-electron chi connectivity index (χ1n) is 6.20. The van der Waals surface area contributed by atoms with Gasteiger partial charge in [0.15, 0.2) is 6.20 Å². The van der Waals surface area contributed by atoms with E-state index in [1.807, 2.05) is 36.5 Å². The van der Waals surface area contributed by atoms with Gasteiger partial charge in [0, 0.05) is 22.6 Å². The van der Waals surface area contributed by atoms with Crippen LogP contribution in [0.2, 0.25) is 0 Å². The number of benzene rings is 2. The fourth-order valence-electron chi connectivity index (χ4n) is 2.14. The molecule has 0 aliphatic carbocycles. The average molecular weight is 264 g/mol. The Labute approximate surface area is 118 Å². The van der Waals surface area contributed by atoms with E-state index in [9.17, 15) is 0 Å². The summed E-state index contributed by atoms with van der Waals surface area (Å²) in [7, 11) is 0. The summed E-state index contributed by atoms with van der Waals surface area (Å²) in [4.78, 5) is 4.26. The number of hydrogen-bond donors (Lipinski definition) is 1. The van der Waals surface area contributed by atoms with E-state index in [2.05, 4.69) is 54.0 Å². The van der Waals surface area contributed by atoms with E-state index in [0.717, 1.165) is 16.2 Å². The standard InChI is InChI=1S/C17H13NS/c19-17-10-2-1-8-15(17)13-6-5-7-14(12-13)16-9-3-4-11-18-16/h1-12,19H/p+1. The van der Waals surface area contributed by atoms with E-state index in [4.69, 9.17) is 0 Å². The fraction of sp³-hybridized carbons (Fsp3) is 0. The van der Waals surface area contributed by atoms with Crippen molar-refractivity contribution in [3.63, 3.8) is 0 Å². The van der Waals surface area contributed by atoms with Crippen molar-refractivity contribution in [2.75, 3.05) is 0 Å². The Morgan fingerprint density at radius 1 is 0.737 bits per heavy atom. The molecule has 2 heteroatoms. The molecule has 0 aliphatic rings. The Hall–Kier alpha value is -2.06. The molecule has 0 amide bonds. The smallest absolute Gasteiger partial charge is 0.210 e. The van der Waals surface area contributed by atoms with Gasteiger partial charge >= 0.3 is 0 Å². The van der Waals surface area contributed by atoms with Gasteiger partial charge in [-0.25, -0.2) is 4.98 Å². The van der Waals surface area contributed by atoms with Crippen LogP contribution in [-0.4, -0.2) is 0 Å². The molecular formula is C17H14NS+. The van der Waals surface area contributed by atoms with Gasteiger partial charge in [-0.15, -0.1) is 12.6 Å². The second-order valence-corrected chi connectivity index (χ2v) is 4.86. The Bertz CT molecular complexity index is 692. The van der Waals surface area contributed by atoms with Crippen molar-refractivity contribution in [2.45, 2.75) is 4.90 Å². The topological polar surface area (TPSA) is 14.1 Å². The second-order valence-electron chi connectivity index (χ2n) is 4.37. The average Bonchev–Trinajstić information content (AvgIpc) is 2.49. The molecule has 0 unspecified atom stereocenters. The summed E-state index contributed by atoms with van der Waals surface area (Å²) in [5.41, 5.74) is 4.62. The zero-order valence-corrected chi connectivity index (χ0v) is 11.3. The van der Waals surface area contributed by atoms with E-state index < -0.39 is 0 Å². The minimum Gasteiger partial charge on any atom is -0.211 e. The van der Waals surface area contributed by atoms with Crippen LogP contribution in [0, 0.1) is 0 Å². The number of nitrogens with one attached hydrogen (secondary N) is 1. The molecule has 3 rings (SSSR count). The highest BCUT2D eigenvalue weighted by molar-refractivity contribution is 7.80. The van der Waals surface area contributed by atoms with E-state index in [-0.39, 0.29) is 0 Å². The minimum absolute atomic E-state index is 0.997. The van der Waals surface area contributed by atoms with E-state index in [1.165, 1.54) is 11.1 Å². The Balaban J connectivity index is 2.09. The first kappa shape index (κ1) is 12.0. The molecule has 0 radical (unpaired) electrons.